The van der Waals surface area contributed by atoms with Crippen LogP contribution in [-0.2, 0) is 10.0 Å². The Bertz CT molecular complexity index is 651. The predicted molar refractivity (Wildman–Crippen MR) is 77.1 cm³/mol. The molecule has 0 heterocycles. The molecule has 0 spiro atoms. The second kappa shape index (κ2) is 5.65. The lowest BCUT2D eigenvalue weighted by Gasteiger charge is -2.24. The number of methoxy groups -OCH3 is 1. The molecule has 0 radical (unpaired) electrons. The van der Waals surface area contributed by atoms with E-state index in [1.165, 1.54) is 30.6 Å². The fourth-order valence-electron chi connectivity index (χ4n) is 2.28. The molecule has 1 atom stereocenters. The summed E-state index contributed by atoms with van der Waals surface area (Å²) >= 11 is 0. The normalized spacial score (nSPS) is 16.8. The standard InChI is InChI=1S/C14H19NO5S/c1-9(10-4-5-10)15(2)21(18,19)11-6-7-13(20-3)12(8-11)14(16)17/h6-10H,4-5H2,1-3H3,(H,16,17). The molecule has 1 saturated carbocycles. The third kappa shape index (κ3) is 3.03. The van der Waals surface area contributed by atoms with Crippen LogP contribution in [0.15, 0.2) is 23.1 Å². The van der Waals surface area contributed by atoms with Crippen LogP contribution in [0.4, 0.5) is 0 Å². The van der Waals surface area contributed by atoms with E-state index in [-0.39, 0.29) is 22.3 Å². The minimum Gasteiger partial charge on any atom is -0.496 e. The first-order valence-electron chi connectivity index (χ1n) is 6.68. The van der Waals surface area contributed by atoms with Crippen molar-refractivity contribution >= 4 is 16.0 Å². The molecule has 0 bridgehead atoms. The van der Waals surface area contributed by atoms with Gasteiger partial charge in [-0.1, -0.05) is 0 Å². The van der Waals surface area contributed by atoms with E-state index in [9.17, 15) is 13.2 Å². The SMILES string of the molecule is COc1ccc(S(=O)(=O)N(C)C(C)C2CC2)cc1C(=O)O. The quantitative estimate of drug-likeness (QED) is 0.866. The summed E-state index contributed by atoms with van der Waals surface area (Å²) in [6.07, 6.45) is 2.06. The second-order valence-corrected chi connectivity index (χ2v) is 7.26. The lowest BCUT2D eigenvalue weighted by molar-refractivity contribution is 0.0693. The monoisotopic (exact) mass is 313 g/mol. The van der Waals surface area contributed by atoms with Crippen LogP contribution in [0.3, 0.4) is 0 Å². The van der Waals surface area contributed by atoms with Gasteiger partial charge in [0.15, 0.2) is 0 Å². The third-order valence-corrected chi connectivity index (χ3v) is 5.90. The number of hydrogen-bond acceptors (Lipinski definition) is 4. The average molecular weight is 313 g/mol. The number of rotatable bonds is 6. The zero-order valence-electron chi connectivity index (χ0n) is 12.2. The van der Waals surface area contributed by atoms with E-state index >= 15 is 0 Å². The molecular formula is C14H19NO5S. The first kappa shape index (κ1) is 15.8. The third-order valence-electron chi connectivity index (χ3n) is 3.96. The van der Waals surface area contributed by atoms with Gasteiger partial charge < -0.3 is 9.84 Å². The number of aromatic carboxylic acids is 1. The fourth-order valence-corrected chi connectivity index (χ4v) is 3.72. The van der Waals surface area contributed by atoms with E-state index in [0.717, 1.165) is 18.9 Å². The number of carboxylic acids is 1. The van der Waals surface area contributed by atoms with E-state index in [2.05, 4.69) is 0 Å². The molecule has 1 unspecified atom stereocenters. The summed E-state index contributed by atoms with van der Waals surface area (Å²) in [4.78, 5) is 11.2. The van der Waals surface area contributed by atoms with E-state index in [0.29, 0.717) is 5.92 Å². The highest BCUT2D eigenvalue weighted by Gasteiger charge is 2.36. The Hall–Kier alpha value is -1.60. The number of carbonyl (C=O) groups is 1. The Morgan fingerprint density at radius 1 is 1.43 bits per heavy atom. The van der Waals surface area contributed by atoms with E-state index in [1.54, 1.807) is 0 Å². The summed E-state index contributed by atoms with van der Waals surface area (Å²) in [7, 11) is -0.835. The van der Waals surface area contributed by atoms with Crippen molar-refractivity contribution in [1.29, 1.82) is 0 Å². The minimum atomic E-state index is -3.71. The van der Waals surface area contributed by atoms with Crippen LogP contribution < -0.4 is 4.74 Å². The second-order valence-electron chi connectivity index (χ2n) is 5.27. The van der Waals surface area contributed by atoms with Gasteiger partial charge in [0, 0.05) is 13.1 Å². The average Bonchev–Trinajstić information content (AvgIpc) is 3.29. The topological polar surface area (TPSA) is 83.9 Å². The van der Waals surface area contributed by atoms with Gasteiger partial charge in [-0.25, -0.2) is 13.2 Å². The molecule has 116 valence electrons. The van der Waals surface area contributed by atoms with Gasteiger partial charge in [0.25, 0.3) is 0 Å². The van der Waals surface area contributed by atoms with Crippen molar-refractivity contribution in [2.45, 2.75) is 30.7 Å². The zero-order valence-corrected chi connectivity index (χ0v) is 13.1. The van der Waals surface area contributed by atoms with Crippen molar-refractivity contribution < 1.29 is 23.1 Å². The maximum atomic E-state index is 12.6. The Labute approximate surface area is 124 Å². The Morgan fingerprint density at radius 2 is 2.05 bits per heavy atom. The molecule has 6 nitrogen and oxygen atoms in total. The van der Waals surface area contributed by atoms with Crippen LogP contribution in [0.1, 0.15) is 30.1 Å². The summed E-state index contributed by atoms with van der Waals surface area (Å²) in [6.45, 7) is 1.87. The molecule has 1 fully saturated rings. The summed E-state index contributed by atoms with van der Waals surface area (Å²) in [5.41, 5.74) is -0.161. The van der Waals surface area contributed by atoms with Gasteiger partial charge in [-0.3, -0.25) is 0 Å². The number of carboxylic acid groups (broad SMARTS) is 1. The van der Waals surface area contributed by atoms with Crippen LogP contribution in [0.25, 0.3) is 0 Å². The van der Waals surface area contributed by atoms with Gasteiger partial charge in [0.2, 0.25) is 10.0 Å². The maximum Gasteiger partial charge on any atom is 0.339 e. The van der Waals surface area contributed by atoms with Crippen LogP contribution in [0.5, 0.6) is 5.75 Å². The number of nitrogens with zero attached hydrogens (tertiary/aromatic N) is 1. The Balaban J connectivity index is 2.40. The van der Waals surface area contributed by atoms with Gasteiger partial charge >= 0.3 is 5.97 Å². The minimum absolute atomic E-state index is 0.0318. The summed E-state index contributed by atoms with van der Waals surface area (Å²) < 4.78 is 31.4. The van der Waals surface area contributed by atoms with Gasteiger partial charge in [0.1, 0.15) is 11.3 Å². The molecule has 21 heavy (non-hydrogen) atoms. The lowest BCUT2D eigenvalue weighted by Crippen LogP contribution is -2.36. The number of benzene rings is 1. The van der Waals surface area contributed by atoms with Crippen LogP contribution in [-0.4, -0.2) is 44.0 Å². The van der Waals surface area contributed by atoms with E-state index in [4.69, 9.17) is 9.84 Å². The summed E-state index contributed by atoms with van der Waals surface area (Å²) in [5.74, 6) is -0.692. The molecule has 0 aliphatic heterocycles. The summed E-state index contributed by atoms with van der Waals surface area (Å²) in [6, 6.07) is 3.79. The van der Waals surface area contributed by atoms with Crippen LogP contribution >= 0.6 is 0 Å². The molecule has 1 aliphatic carbocycles. The van der Waals surface area contributed by atoms with Crippen molar-refractivity contribution in [3.8, 4) is 5.75 Å². The smallest absolute Gasteiger partial charge is 0.339 e. The van der Waals surface area contributed by atoms with Gasteiger partial charge in [-0.15, -0.1) is 0 Å². The first-order valence-corrected chi connectivity index (χ1v) is 8.12. The molecule has 0 saturated heterocycles. The number of ether oxygens (including phenoxy) is 1. The number of hydrogen-bond donors (Lipinski definition) is 1. The molecule has 7 heteroatoms. The molecule has 1 aliphatic rings. The maximum absolute atomic E-state index is 12.6. The molecule has 1 N–H and O–H groups in total. The summed E-state index contributed by atoms with van der Waals surface area (Å²) in [5, 5.41) is 9.14. The highest BCUT2D eigenvalue weighted by molar-refractivity contribution is 7.89. The fraction of sp³-hybridized carbons (Fsp3) is 0.500. The molecule has 1 aromatic rings. The first-order chi connectivity index (χ1) is 9.78. The highest BCUT2D eigenvalue weighted by atomic mass is 32.2. The molecule has 0 aromatic heterocycles. The van der Waals surface area contributed by atoms with Gasteiger partial charge in [-0.05, 0) is 43.9 Å². The molecule has 1 aromatic carbocycles. The Kier molecular flexibility index (Phi) is 4.25. The van der Waals surface area contributed by atoms with Gasteiger partial charge in [-0.2, -0.15) is 4.31 Å². The van der Waals surface area contributed by atoms with Crippen LogP contribution in [0, 0.1) is 5.92 Å². The van der Waals surface area contributed by atoms with Gasteiger partial charge in [0.05, 0.1) is 12.0 Å². The van der Waals surface area contributed by atoms with Crippen LogP contribution in [0.2, 0.25) is 0 Å². The largest absolute Gasteiger partial charge is 0.496 e. The van der Waals surface area contributed by atoms with E-state index < -0.39 is 16.0 Å². The lowest BCUT2D eigenvalue weighted by atomic mass is 10.2. The van der Waals surface area contributed by atoms with Crippen molar-refractivity contribution in [3.63, 3.8) is 0 Å². The van der Waals surface area contributed by atoms with Crippen molar-refractivity contribution in [3.05, 3.63) is 23.8 Å². The molecule has 0 amide bonds. The predicted octanol–water partition coefficient (Wildman–Crippen LogP) is 1.81. The highest BCUT2D eigenvalue weighted by Crippen LogP contribution is 2.36. The van der Waals surface area contributed by atoms with Crippen molar-refractivity contribution in [2.24, 2.45) is 5.92 Å². The molecule has 2 rings (SSSR count). The Morgan fingerprint density at radius 3 is 2.52 bits per heavy atom. The van der Waals surface area contributed by atoms with Crippen molar-refractivity contribution in [2.75, 3.05) is 14.2 Å². The molecular weight excluding hydrogens is 294 g/mol. The zero-order chi connectivity index (χ0) is 15.8. The van der Waals surface area contributed by atoms with Crippen molar-refractivity contribution in [1.82, 2.24) is 4.31 Å². The number of sulfonamides is 1. The van der Waals surface area contributed by atoms with E-state index in [1.807, 2.05) is 6.92 Å².